The second-order valence-electron chi connectivity index (χ2n) is 7.43. The number of nitrogens with one attached hydrogen (secondary N) is 1. The SMILES string of the molecule is O=C(Nc1ccccc1)C1CCN([C@H]2CC(=O)N(c3ccc(Cl)cc3)C2=O)CC1. The van der Waals surface area contributed by atoms with Crippen molar-refractivity contribution in [2.75, 3.05) is 23.3 Å². The first kappa shape index (κ1) is 19.6. The Morgan fingerprint density at radius 3 is 2.28 bits per heavy atom. The lowest BCUT2D eigenvalue weighted by molar-refractivity contribution is -0.123. The van der Waals surface area contributed by atoms with E-state index in [1.54, 1.807) is 24.3 Å². The molecule has 4 rings (SSSR count). The molecular weight excluding hydrogens is 390 g/mol. The summed E-state index contributed by atoms with van der Waals surface area (Å²) >= 11 is 5.90. The second kappa shape index (κ2) is 8.35. The maximum atomic E-state index is 12.9. The van der Waals surface area contributed by atoms with Crippen molar-refractivity contribution in [2.45, 2.75) is 25.3 Å². The fraction of sp³-hybridized carbons (Fsp3) is 0.318. The molecule has 0 saturated carbocycles. The highest BCUT2D eigenvalue weighted by Gasteiger charge is 2.43. The molecule has 0 bridgehead atoms. The van der Waals surface area contributed by atoms with Crippen molar-refractivity contribution in [1.29, 1.82) is 0 Å². The lowest BCUT2D eigenvalue weighted by Crippen LogP contribution is -2.47. The number of amides is 3. The van der Waals surface area contributed by atoms with E-state index in [0.29, 0.717) is 36.6 Å². The van der Waals surface area contributed by atoms with Crippen LogP contribution in [0.3, 0.4) is 0 Å². The van der Waals surface area contributed by atoms with Crippen molar-refractivity contribution in [3.8, 4) is 0 Å². The van der Waals surface area contributed by atoms with E-state index in [9.17, 15) is 14.4 Å². The third kappa shape index (κ3) is 4.18. The molecule has 2 aromatic rings. The molecule has 2 heterocycles. The number of benzene rings is 2. The Morgan fingerprint density at radius 1 is 0.966 bits per heavy atom. The number of anilines is 2. The van der Waals surface area contributed by atoms with E-state index >= 15 is 0 Å². The molecule has 2 aliphatic heterocycles. The van der Waals surface area contributed by atoms with E-state index in [1.165, 1.54) is 4.90 Å². The minimum atomic E-state index is -0.462. The number of halogens is 1. The van der Waals surface area contributed by atoms with Gasteiger partial charge < -0.3 is 5.32 Å². The standard InChI is InChI=1S/C22H22ClN3O3/c23-16-6-8-18(9-7-16)26-20(27)14-19(22(26)29)25-12-10-15(11-13-25)21(28)24-17-4-2-1-3-5-17/h1-9,15,19H,10-14H2,(H,24,28)/t19-/m0/s1. The summed E-state index contributed by atoms with van der Waals surface area (Å²) in [4.78, 5) is 41.2. The van der Waals surface area contributed by atoms with Crippen LogP contribution in [0.25, 0.3) is 0 Å². The summed E-state index contributed by atoms with van der Waals surface area (Å²) in [6.07, 6.45) is 1.50. The van der Waals surface area contributed by atoms with Gasteiger partial charge in [-0.3, -0.25) is 19.3 Å². The van der Waals surface area contributed by atoms with E-state index in [-0.39, 0.29) is 30.1 Å². The van der Waals surface area contributed by atoms with Crippen molar-refractivity contribution < 1.29 is 14.4 Å². The molecule has 1 N–H and O–H groups in total. The van der Waals surface area contributed by atoms with Gasteiger partial charge in [0.15, 0.2) is 0 Å². The molecule has 1 atom stereocenters. The molecule has 3 amide bonds. The maximum Gasteiger partial charge on any atom is 0.251 e. The van der Waals surface area contributed by atoms with Crippen LogP contribution < -0.4 is 10.2 Å². The van der Waals surface area contributed by atoms with Crippen molar-refractivity contribution in [2.24, 2.45) is 5.92 Å². The molecule has 2 saturated heterocycles. The summed E-state index contributed by atoms with van der Waals surface area (Å²) in [5.41, 5.74) is 1.33. The minimum absolute atomic E-state index is 0.00691. The molecule has 150 valence electrons. The first-order valence-electron chi connectivity index (χ1n) is 9.75. The van der Waals surface area contributed by atoms with Gasteiger partial charge in [-0.1, -0.05) is 29.8 Å². The van der Waals surface area contributed by atoms with Crippen LogP contribution in [0.2, 0.25) is 5.02 Å². The number of hydrogen-bond acceptors (Lipinski definition) is 4. The first-order chi connectivity index (χ1) is 14.0. The average molecular weight is 412 g/mol. The van der Waals surface area contributed by atoms with Crippen molar-refractivity contribution in [3.63, 3.8) is 0 Å². The van der Waals surface area contributed by atoms with Crippen LogP contribution in [-0.2, 0) is 14.4 Å². The van der Waals surface area contributed by atoms with Crippen LogP contribution in [0.4, 0.5) is 11.4 Å². The summed E-state index contributed by atoms with van der Waals surface area (Å²) < 4.78 is 0. The van der Waals surface area contributed by atoms with Crippen LogP contribution in [-0.4, -0.2) is 41.8 Å². The highest BCUT2D eigenvalue weighted by Crippen LogP contribution is 2.29. The molecule has 0 spiro atoms. The van der Waals surface area contributed by atoms with Gasteiger partial charge in [-0.25, -0.2) is 4.90 Å². The van der Waals surface area contributed by atoms with Gasteiger partial charge in [0.2, 0.25) is 11.8 Å². The molecule has 7 heteroatoms. The Balaban J connectivity index is 1.36. The number of likely N-dealkylation sites (tertiary alicyclic amines) is 1. The molecule has 2 fully saturated rings. The number of hydrogen-bond donors (Lipinski definition) is 1. The van der Waals surface area contributed by atoms with E-state index in [4.69, 9.17) is 11.6 Å². The second-order valence-corrected chi connectivity index (χ2v) is 7.87. The predicted octanol–water partition coefficient (Wildman–Crippen LogP) is 3.32. The smallest absolute Gasteiger partial charge is 0.251 e. The van der Waals surface area contributed by atoms with Gasteiger partial charge in [-0.2, -0.15) is 0 Å². The number of piperidine rings is 1. The summed E-state index contributed by atoms with van der Waals surface area (Å²) in [7, 11) is 0. The zero-order valence-corrected chi connectivity index (χ0v) is 16.6. The largest absolute Gasteiger partial charge is 0.326 e. The highest BCUT2D eigenvalue weighted by molar-refractivity contribution is 6.30. The lowest BCUT2D eigenvalue weighted by atomic mass is 9.94. The maximum absolute atomic E-state index is 12.9. The molecule has 0 radical (unpaired) electrons. The van der Waals surface area contributed by atoms with Gasteiger partial charge in [0.05, 0.1) is 18.2 Å². The van der Waals surface area contributed by atoms with E-state index in [0.717, 1.165) is 5.69 Å². The molecule has 0 unspecified atom stereocenters. The van der Waals surface area contributed by atoms with Gasteiger partial charge in [0.25, 0.3) is 5.91 Å². The van der Waals surface area contributed by atoms with Crippen molar-refractivity contribution >= 4 is 40.7 Å². The number of rotatable bonds is 4. The predicted molar refractivity (Wildman–Crippen MR) is 112 cm³/mol. The fourth-order valence-corrected chi connectivity index (χ4v) is 4.13. The molecular formula is C22H22ClN3O3. The minimum Gasteiger partial charge on any atom is -0.326 e. The molecule has 6 nitrogen and oxygen atoms in total. The Bertz CT molecular complexity index is 909. The Morgan fingerprint density at radius 2 is 1.62 bits per heavy atom. The van der Waals surface area contributed by atoms with Crippen LogP contribution in [0.1, 0.15) is 19.3 Å². The number of imide groups is 1. The third-order valence-corrected chi connectivity index (χ3v) is 5.84. The summed E-state index contributed by atoms with van der Waals surface area (Å²) in [6, 6.07) is 15.6. The van der Waals surface area contributed by atoms with Crippen LogP contribution in [0.5, 0.6) is 0 Å². The normalized spacial score (nSPS) is 20.9. The first-order valence-corrected chi connectivity index (χ1v) is 10.1. The zero-order valence-electron chi connectivity index (χ0n) is 15.9. The monoisotopic (exact) mass is 411 g/mol. The quantitative estimate of drug-likeness (QED) is 0.783. The number of carbonyl (C=O) groups excluding carboxylic acids is 3. The van der Waals surface area contributed by atoms with Gasteiger partial charge in [0, 0.05) is 16.6 Å². The molecule has 0 aromatic heterocycles. The topological polar surface area (TPSA) is 69.7 Å². The van der Waals surface area contributed by atoms with E-state index < -0.39 is 6.04 Å². The number of nitrogens with zero attached hydrogens (tertiary/aromatic N) is 2. The van der Waals surface area contributed by atoms with E-state index in [2.05, 4.69) is 5.32 Å². The number of para-hydroxylation sites is 1. The Hall–Kier alpha value is -2.70. The molecule has 2 aromatic carbocycles. The average Bonchev–Trinajstić information content (AvgIpc) is 3.04. The number of carbonyl (C=O) groups is 3. The van der Waals surface area contributed by atoms with Gasteiger partial charge in [0.1, 0.15) is 0 Å². The molecule has 0 aliphatic carbocycles. The highest BCUT2D eigenvalue weighted by atomic mass is 35.5. The van der Waals surface area contributed by atoms with Gasteiger partial charge >= 0.3 is 0 Å². The molecule has 2 aliphatic rings. The Kier molecular flexibility index (Phi) is 5.65. The van der Waals surface area contributed by atoms with Gasteiger partial charge in [-0.05, 0) is 62.3 Å². The van der Waals surface area contributed by atoms with Crippen LogP contribution >= 0.6 is 11.6 Å². The zero-order chi connectivity index (χ0) is 20.4. The summed E-state index contributed by atoms with van der Waals surface area (Å²) in [5.74, 6) is -0.491. The third-order valence-electron chi connectivity index (χ3n) is 5.59. The van der Waals surface area contributed by atoms with Crippen LogP contribution in [0.15, 0.2) is 54.6 Å². The molecule has 29 heavy (non-hydrogen) atoms. The van der Waals surface area contributed by atoms with Crippen molar-refractivity contribution in [3.05, 3.63) is 59.6 Å². The lowest BCUT2D eigenvalue weighted by Gasteiger charge is -2.34. The Labute approximate surface area is 174 Å². The summed E-state index contributed by atoms with van der Waals surface area (Å²) in [5, 5.41) is 3.50. The fourth-order valence-electron chi connectivity index (χ4n) is 4.00. The van der Waals surface area contributed by atoms with E-state index in [1.807, 2.05) is 35.2 Å². The van der Waals surface area contributed by atoms with Gasteiger partial charge in [-0.15, -0.1) is 0 Å². The summed E-state index contributed by atoms with van der Waals surface area (Å²) in [6.45, 7) is 1.23. The van der Waals surface area contributed by atoms with Crippen LogP contribution in [0, 0.1) is 5.92 Å². The van der Waals surface area contributed by atoms with Crippen molar-refractivity contribution in [1.82, 2.24) is 4.90 Å².